The van der Waals surface area contributed by atoms with Crippen molar-refractivity contribution in [3.8, 4) is 17.2 Å². The van der Waals surface area contributed by atoms with Gasteiger partial charge >= 0.3 is 0 Å². The van der Waals surface area contributed by atoms with Gasteiger partial charge in [-0.05, 0) is 41.5 Å². The molecule has 1 aliphatic rings. The van der Waals surface area contributed by atoms with Crippen molar-refractivity contribution >= 4 is 28.6 Å². The van der Waals surface area contributed by atoms with Crippen molar-refractivity contribution < 1.29 is 23.8 Å². The Morgan fingerprint density at radius 1 is 1.11 bits per heavy atom. The highest BCUT2D eigenvalue weighted by Crippen LogP contribution is 2.41. The first-order chi connectivity index (χ1) is 15.7. The van der Waals surface area contributed by atoms with E-state index < -0.39 is 5.82 Å². The van der Waals surface area contributed by atoms with E-state index in [2.05, 4.69) is 0 Å². The van der Waals surface area contributed by atoms with Gasteiger partial charge in [0.15, 0.2) is 23.1 Å². The van der Waals surface area contributed by atoms with Gasteiger partial charge in [-0.15, -0.1) is 17.0 Å². The van der Waals surface area contributed by atoms with Gasteiger partial charge in [-0.25, -0.2) is 4.39 Å². The van der Waals surface area contributed by atoms with Gasteiger partial charge < -0.3 is 19.5 Å². The fraction of sp³-hybridized carbons (Fsp3) is 0.481. The lowest BCUT2D eigenvalue weighted by Crippen LogP contribution is -2.31. The van der Waals surface area contributed by atoms with Crippen LogP contribution in [0.3, 0.4) is 0 Å². The Kier molecular flexibility index (Phi) is 8.32. The van der Waals surface area contributed by atoms with E-state index in [-0.39, 0.29) is 81.9 Å². The Labute approximate surface area is 217 Å². The number of phenols is 1. The highest BCUT2D eigenvalue weighted by Gasteiger charge is 2.34. The molecule has 8 heteroatoms. The zero-order valence-corrected chi connectivity index (χ0v) is 23.5. The number of amidine groups is 1. The lowest BCUT2D eigenvalue weighted by molar-refractivity contribution is 0.0962. The second-order valence-corrected chi connectivity index (χ2v) is 10.7. The minimum absolute atomic E-state index is 0. The minimum Gasteiger partial charge on any atom is -0.507 e. The van der Waals surface area contributed by atoms with Gasteiger partial charge in [0.1, 0.15) is 11.6 Å². The predicted molar refractivity (Wildman–Crippen MR) is 142 cm³/mol. The van der Waals surface area contributed by atoms with Crippen molar-refractivity contribution in [2.45, 2.75) is 65.8 Å². The van der Waals surface area contributed by atoms with Gasteiger partial charge in [-0.2, -0.15) is 0 Å². The van der Waals surface area contributed by atoms with E-state index >= 15 is 4.39 Å². The minimum atomic E-state index is -0.647. The molecule has 3 rings (SSSR count). The molecule has 0 saturated carbocycles. The maximum absolute atomic E-state index is 15.2. The van der Waals surface area contributed by atoms with Gasteiger partial charge in [-0.1, -0.05) is 41.5 Å². The van der Waals surface area contributed by atoms with Crippen molar-refractivity contribution in [2.75, 3.05) is 20.3 Å². The molecule has 0 aromatic heterocycles. The van der Waals surface area contributed by atoms with Gasteiger partial charge in [0.25, 0.3) is 0 Å². The summed E-state index contributed by atoms with van der Waals surface area (Å²) in [5.74, 6) is -0.463. The fourth-order valence-corrected chi connectivity index (χ4v) is 4.25. The summed E-state index contributed by atoms with van der Waals surface area (Å²) in [7, 11) is 1.44. The van der Waals surface area contributed by atoms with Crippen LogP contribution in [0, 0.1) is 11.2 Å². The first-order valence-corrected chi connectivity index (χ1v) is 11.5. The molecule has 0 radical (unpaired) electrons. The summed E-state index contributed by atoms with van der Waals surface area (Å²) in [5, 5.41) is 19.5. The molecule has 35 heavy (non-hydrogen) atoms. The van der Waals surface area contributed by atoms with E-state index in [1.807, 2.05) is 41.5 Å². The lowest BCUT2D eigenvalue weighted by atomic mass is 9.78. The van der Waals surface area contributed by atoms with Gasteiger partial charge in [0.2, 0.25) is 0 Å². The van der Waals surface area contributed by atoms with E-state index in [1.54, 1.807) is 30.0 Å². The van der Waals surface area contributed by atoms with E-state index in [1.165, 1.54) is 7.11 Å². The summed E-state index contributed by atoms with van der Waals surface area (Å²) in [5.41, 5.74) is 1.82. The molecule has 0 saturated heterocycles. The molecule has 2 aromatic rings. The Hall–Kier alpha value is -2.61. The van der Waals surface area contributed by atoms with Crippen LogP contribution < -0.4 is 9.47 Å². The smallest absolute Gasteiger partial charge is 0.197 e. The predicted octanol–water partition coefficient (Wildman–Crippen LogP) is 6.14. The third-order valence-electron chi connectivity index (χ3n) is 6.07. The zero-order valence-electron chi connectivity index (χ0n) is 21.8. The molecular weight excluding hydrogens is 515 g/mol. The topological polar surface area (TPSA) is 82.9 Å². The molecule has 1 heterocycles. The molecule has 2 N–H and O–H groups in total. The van der Waals surface area contributed by atoms with Crippen molar-refractivity contribution in [3.63, 3.8) is 0 Å². The number of ether oxygens (including phenoxy) is 2. The van der Waals surface area contributed by atoms with Gasteiger partial charge in [0, 0.05) is 23.2 Å². The van der Waals surface area contributed by atoms with E-state index in [0.717, 1.165) is 0 Å². The number of rotatable bonds is 6. The SMILES string of the molecule is Br.CCOc1c(OC)cc2c(c1F)C(=N)N(CC(=O)c1cc(C(C)(C)C)c(O)c(C(C)(C)C)c1)C2. The molecule has 192 valence electrons. The van der Waals surface area contributed by atoms with Crippen LogP contribution in [-0.4, -0.2) is 41.9 Å². The number of benzene rings is 2. The number of halogens is 2. The maximum atomic E-state index is 15.2. The average molecular weight is 551 g/mol. The van der Waals surface area contributed by atoms with Crippen LogP contribution in [0.5, 0.6) is 17.2 Å². The monoisotopic (exact) mass is 550 g/mol. The van der Waals surface area contributed by atoms with E-state index in [4.69, 9.17) is 14.9 Å². The number of hydrogen-bond donors (Lipinski definition) is 2. The van der Waals surface area contributed by atoms with Gasteiger partial charge in [-0.3, -0.25) is 10.2 Å². The summed E-state index contributed by atoms with van der Waals surface area (Å²) in [6.07, 6.45) is 0. The first-order valence-electron chi connectivity index (χ1n) is 11.5. The Balaban J connectivity index is 0.00000432. The molecule has 6 nitrogen and oxygen atoms in total. The fourth-order valence-electron chi connectivity index (χ4n) is 4.25. The number of Topliss-reactive ketones (excluding diaryl/α,β-unsaturated/α-hetero) is 1. The standard InChI is InChI=1S/C27H35FN2O4.BrH/c1-9-34-24-20(33-8)12-16-13-30(25(29)21(16)22(24)28)14-19(31)15-10-17(26(2,3)4)23(32)18(11-15)27(5,6)7;/h10-12,29,32H,9,13-14H2,1-8H3;1H. The van der Waals surface area contributed by atoms with Crippen molar-refractivity contribution in [3.05, 3.63) is 51.8 Å². The largest absolute Gasteiger partial charge is 0.507 e. The Morgan fingerprint density at radius 2 is 1.66 bits per heavy atom. The van der Waals surface area contributed by atoms with Crippen LogP contribution in [0.25, 0.3) is 0 Å². The molecule has 2 aromatic carbocycles. The summed E-state index contributed by atoms with van der Waals surface area (Å²) in [6.45, 7) is 14.1. The molecule has 0 spiro atoms. The number of aromatic hydroxyl groups is 1. The molecule has 0 unspecified atom stereocenters. The number of phenolic OH excluding ortho intramolecular Hbond substituents is 1. The van der Waals surface area contributed by atoms with Crippen molar-refractivity contribution in [2.24, 2.45) is 0 Å². The zero-order chi connectivity index (χ0) is 25.6. The third-order valence-corrected chi connectivity index (χ3v) is 6.07. The molecule has 0 bridgehead atoms. The summed E-state index contributed by atoms with van der Waals surface area (Å²) in [6, 6.07) is 5.13. The van der Waals surface area contributed by atoms with Crippen molar-refractivity contribution in [1.29, 1.82) is 5.41 Å². The quantitative estimate of drug-likeness (QED) is 0.422. The molecule has 0 atom stereocenters. The van der Waals surface area contributed by atoms with E-state index in [9.17, 15) is 9.90 Å². The highest BCUT2D eigenvalue weighted by atomic mass is 79.9. The highest BCUT2D eigenvalue weighted by molar-refractivity contribution is 8.93. The number of carbonyl (C=O) groups is 1. The van der Waals surface area contributed by atoms with Crippen LogP contribution in [0.4, 0.5) is 4.39 Å². The average Bonchev–Trinajstić information content (AvgIpc) is 3.03. The Morgan fingerprint density at radius 3 is 2.11 bits per heavy atom. The van der Waals surface area contributed by atoms with Crippen LogP contribution in [0.2, 0.25) is 0 Å². The van der Waals surface area contributed by atoms with Crippen molar-refractivity contribution in [1.82, 2.24) is 4.90 Å². The normalized spacial score (nSPS) is 13.4. The van der Waals surface area contributed by atoms with Crippen LogP contribution in [0.15, 0.2) is 18.2 Å². The lowest BCUT2D eigenvalue weighted by Gasteiger charge is -2.28. The second kappa shape index (κ2) is 10.2. The van der Waals surface area contributed by atoms with E-state index in [0.29, 0.717) is 22.3 Å². The number of methoxy groups -OCH3 is 1. The number of nitrogens with zero attached hydrogens (tertiary/aromatic N) is 1. The van der Waals surface area contributed by atoms with Crippen LogP contribution in [0.1, 0.15) is 81.1 Å². The molecule has 1 aliphatic heterocycles. The third kappa shape index (κ3) is 5.47. The molecule has 0 aliphatic carbocycles. The van der Waals surface area contributed by atoms with Crippen LogP contribution >= 0.6 is 17.0 Å². The second-order valence-electron chi connectivity index (χ2n) is 10.7. The number of hydrogen-bond acceptors (Lipinski definition) is 5. The molecule has 0 fully saturated rings. The summed E-state index contributed by atoms with van der Waals surface area (Å²) >= 11 is 0. The molecule has 0 amide bonds. The van der Waals surface area contributed by atoms with Gasteiger partial charge in [0.05, 0.1) is 25.8 Å². The molecular formula is C27H36BrFN2O4. The number of ketones is 1. The maximum Gasteiger partial charge on any atom is 0.197 e. The van der Waals surface area contributed by atoms with Crippen LogP contribution in [-0.2, 0) is 17.4 Å². The number of carbonyl (C=O) groups excluding carboxylic acids is 1. The first kappa shape index (κ1) is 28.6. The summed E-state index contributed by atoms with van der Waals surface area (Å²) in [4.78, 5) is 14.9. The number of fused-ring (bicyclic) bond motifs is 1. The Bertz CT molecular complexity index is 1110. The summed E-state index contributed by atoms with van der Waals surface area (Å²) < 4.78 is 25.9. The number of nitrogens with one attached hydrogen (secondary N) is 1.